The average molecular weight is 306 g/mol. The third kappa shape index (κ3) is 4.80. The highest BCUT2D eigenvalue weighted by Crippen LogP contribution is 2.17. The summed E-state index contributed by atoms with van der Waals surface area (Å²) < 4.78 is 0. The Labute approximate surface area is 124 Å². The van der Waals surface area contributed by atoms with Gasteiger partial charge in [-0.2, -0.15) is 4.98 Å². The molecule has 0 atom stereocenters. The van der Waals surface area contributed by atoms with Crippen LogP contribution in [0.15, 0.2) is 29.4 Å². The Bertz CT molecular complexity index is 657. The number of nitrogens with one attached hydrogen (secondary N) is 3. The Hall–Kier alpha value is -2.55. The second kappa shape index (κ2) is 6.75. The van der Waals surface area contributed by atoms with Gasteiger partial charge in [-0.15, -0.1) is 5.10 Å². The maximum atomic E-state index is 11.8. The molecular weight excluding hydrogens is 292 g/mol. The van der Waals surface area contributed by atoms with E-state index in [0.717, 1.165) is 0 Å². The van der Waals surface area contributed by atoms with E-state index >= 15 is 0 Å². The Kier molecular flexibility index (Phi) is 4.77. The molecule has 0 saturated heterocycles. The number of H-pyrrole nitrogens is 1. The lowest BCUT2D eigenvalue weighted by molar-refractivity contribution is -0.114. The molecule has 0 aliphatic rings. The van der Waals surface area contributed by atoms with Crippen LogP contribution in [0.3, 0.4) is 0 Å². The number of nitrogens with zero attached hydrogens (tertiary/aromatic N) is 2. The second-order valence-electron chi connectivity index (χ2n) is 4.10. The van der Waals surface area contributed by atoms with Crippen LogP contribution in [0.4, 0.5) is 17.3 Å². The van der Waals surface area contributed by atoms with E-state index in [1.807, 2.05) is 0 Å². The van der Waals surface area contributed by atoms with Crippen LogP contribution in [-0.4, -0.2) is 32.7 Å². The standard InChI is InChI=1S/C12H14N6O2S/c1-7(19)14-8-3-2-4-9(5-8)15-10(20)6-21-12-16-11(13)17-18-12/h2-5H,6H2,1H3,(H,14,19)(H,15,20)(H3,13,16,17,18). The van der Waals surface area contributed by atoms with Gasteiger partial charge in [0, 0.05) is 18.3 Å². The summed E-state index contributed by atoms with van der Waals surface area (Å²) in [6.45, 7) is 1.42. The number of nitrogens with two attached hydrogens (primary N) is 1. The number of nitrogen functional groups attached to an aromatic ring is 1. The third-order valence-corrected chi connectivity index (χ3v) is 3.13. The number of anilines is 3. The number of hydrogen-bond acceptors (Lipinski definition) is 6. The number of rotatable bonds is 5. The molecule has 9 heteroatoms. The first-order valence-corrected chi connectivity index (χ1v) is 6.99. The minimum Gasteiger partial charge on any atom is -0.368 e. The minimum absolute atomic E-state index is 0.154. The molecule has 2 rings (SSSR count). The predicted octanol–water partition coefficient (Wildman–Crippen LogP) is 1.08. The molecule has 0 bridgehead atoms. The van der Waals surface area contributed by atoms with Crippen LogP contribution < -0.4 is 16.4 Å². The van der Waals surface area contributed by atoms with Gasteiger partial charge in [-0.05, 0) is 18.2 Å². The van der Waals surface area contributed by atoms with Crippen molar-refractivity contribution in [2.75, 3.05) is 22.1 Å². The summed E-state index contributed by atoms with van der Waals surface area (Å²) in [6, 6.07) is 6.89. The molecule has 0 saturated carbocycles. The zero-order chi connectivity index (χ0) is 15.2. The Morgan fingerprint density at radius 3 is 2.67 bits per heavy atom. The number of hydrogen-bond donors (Lipinski definition) is 4. The number of carbonyl (C=O) groups is 2. The number of aromatic amines is 1. The van der Waals surface area contributed by atoms with Crippen molar-refractivity contribution < 1.29 is 9.59 Å². The van der Waals surface area contributed by atoms with Gasteiger partial charge in [0.15, 0.2) is 0 Å². The van der Waals surface area contributed by atoms with Gasteiger partial charge in [0.05, 0.1) is 5.75 Å². The molecule has 1 aromatic carbocycles. The Morgan fingerprint density at radius 2 is 2.05 bits per heavy atom. The number of carbonyl (C=O) groups excluding carboxylic acids is 2. The lowest BCUT2D eigenvalue weighted by Gasteiger charge is -2.07. The first kappa shape index (κ1) is 14.9. The first-order chi connectivity index (χ1) is 10.0. The maximum Gasteiger partial charge on any atom is 0.234 e. The van der Waals surface area contributed by atoms with Crippen molar-refractivity contribution in [3.63, 3.8) is 0 Å². The van der Waals surface area contributed by atoms with Gasteiger partial charge in [0.25, 0.3) is 0 Å². The zero-order valence-corrected chi connectivity index (χ0v) is 12.0. The highest BCUT2D eigenvalue weighted by Gasteiger charge is 2.07. The molecule has 0 aliphatic carbocycles. The molecule has 0 fully saturated rings. The van der Waals surface area contributed by atoms with Crippen LogP contribution in [0.5, 0.6) is 0 Å². The molecule has 1 aromatic heterocycles. The highest BCUT2D eigenvalue weighted by atomic mass is 32.2. The van der Waals surface area contributed by atoms with Crippen LogP contribution in [0, 0.1) is 0 Å². The maximum absolute atomic E-state index is 11.8. The summed E-state index contributed by atoms with van der Waals surface area (Å²) in [5.74, 6) is -0.0118. The predicted molar refractivity (Wildman–Crippen MR) is 80.9 cm³/mol. The van der Waals surface area contributed by atoms with E-state index in [1.54, 1.807) is 24.3 Å². The van der Waals surface area contributed by atoms with E-state index in [9.17, 15) is 9.59 Å². The van der Waals surface area contributed by atoms with E-state index in [-0.39, 0.29) is 23.5 Å². The second-order valence-corrected chi connectivity index (χ2v) is 5.04. The van der Waals surface area contributed by atoms with E-state index in [2.05, 4.69) is 25.8 Å². The van der Waals surface area contributed by atoms with Crippen molar-refractivity contribution in [3.05, 3.63) is 24.3 Å². The van der Waals surface area contributed by atoms with Gasteiger partial charge < -0.3 is 16.4 Å². The van der Waals surface area contributed by atoms with E-state index in [4.69, 9.17) is 5.73 Å². The van der Waals surface area contributed by atoms with Crippen molar-refractivity contribution in [3.8, 4) is 0 Å². The van der Waals surface area contributed by atoms with Crippen LogP contribution in [0.2, 0.25) is 0 Å². The number of benzene rings is 1. The van der Waals surface area contributed by atoms with Gasteiger partial charge in [0.2, 0.25) is 22.9 Å². The zero-order valence-electron chi connectivity index (χ0n) is 11.2. The summed E-state index contributed by atoms with van der Waals surface area (Å²) in [4.78, 5) is 26.7. The fourth-order valence-corrected chi connectivity index (χ4v) is 2.13. The summed E-state index contributed by atoms with van der Waals surface area (Å²) in [5.41, 5.74) is 6.61. The van der Waals surface area contributed by atoms with Gasteiger partial charge in [0.1, 0.15) is 0 Å². The lowest BCUT2D eigenvalue weighted by atomic mass is 10.2. The summed E-state index contributed by atoms with van der Waals surface area (Å²) in [6.07, 6.45) is 0. The average Bonchev–Trinajstić information content (AvgIpc) is 2.82. The van der Waals surface area contributed by atoms with Crippen LogP contribution in [0.25, 0.3) is 0 Å². The van der Waals surface area contributed by atoms with Crippen molar-refractivity contribution >= 4 is 40.9 Å². The lowest BCUT2D eigenvalue weighted by Crippen LogP contribution is -2.14. The fourth-order valence-electron chi connectivity index (χ4n) is 1.53. The molecule has 0 radical (unpaired) electrons. The van der Waals surface area contributed by atoms with Crippen molar-refractivity contribution in [1.29, 1.82) is 0 Å². The molecule has 5 N–H and O–H groups in total. The van der Waals surface area contributed by atoms with Crippen LogP contribution in [-0.2, 0) is 9.59 Å². The Morgan fingerprint density at radius 1 is 1.33 bits per heavy atom. The van der Waals surface area contributed by atoms with E-state index in [0.29, 0.717) is 16.5 Å². The largest absolute Gasteiger partial charge is 0.368 e. The van der Waals surface area contributed by atoms with Gasteiger partial charge in [-0.3, -0.25) is 9.59 Å². The van der Waals surface area contributed by atoms with Gasteiger partial charge >= 0.3 is 0 Å². The quantitative estimate of drug-likeness (QED) is 0.612. The topological polar surface area (TPSA) is 126 Å². The molecule has 21 heavy (non-hydrogen) atoms. The fraction of sp³-hybridized carbons (Fsp3) is 0.167. The SMILES string of the molecule is CC(=O)Nc1cccc(NC(=O)CSc2n[nH]c(N)n2)c1. The molecule has 0 unspecified atom stereocenters. The van der Waals surface area contributed by atoms with Gasteiger partial charge in [-0.1, -0.05) is 17.8 Å². The van der Waals surface area contributed by atoms with Gasteiger partial charge in [-0.25, -0.2) is 5.10 Å². The molecule has 0 spiro atoms. The Balaban J connectivity index is 1.88. The van der Waals surface area contributed by atoms with E-state index in [1.165, 1.54) is 18.7 Å². The van der Waals surface area contributed by atoms with Crippen LogP contribution in [0.1, 0.15) is 6.92 Å². The summed E-state index contributed by atoms with van der Waals surface area (Å²) in [7, 11) is 0. The number of aromatic nitrogens is 3. The molecule has 110 valence electrons. The molecule has 8 nitrogen and oxygen atoms in total. The summed E-state index contributed by atoms with van der Waals surface area (Å²) in [5, 5.41) is 12.1. The van der Waals surface area contributed by atoms with E-state index < -0.39 is 0 Å². The molecule has 2 aromatic rings. The molecular formula is C12H14N6O2S. The van der Waals surface area contributed by atoms with Crippen LogP contribution >= 0.6 is 11.8 Å². The smallest absolute Gasteiger partial charge is 0.234 e. The van der Waals surface area contributed by atoms with Crippen molar-refractivity contribution in [2.45, 2.75) is 12.1 Å². The summed E-state index contributed by atoms with van der Waals surface area (Å²) >= 11 is 1.17. The molecule has 2 amide bonds. The molecule has 0 aliphatic heterocycles. The highest BCUT2D eigenvalue weighted by molar-refractivity contribution is 7.99. The van der Waals surface area contributed by atoms with Crippen molar-refractivity contribution in [1.82, 2.24) is 15.2 Å². The number of thioether (sulfide) groups is 1. The first-order valence-electron chi connectivity index (χ1n) is 6.01. The third-order valence-electron chi connectivity index (χ3n) is 2.28. The normalized spacial score (nSPS) is 10.1. The van der Waals surface area contributed by atoms with Crippen molar-refractivity contribution in [2.24, 2.45) is 0 Å². The number of amides is 2. The molecule has 1 heterocycles. The monoisotopic (exact) mass is 306 g/mol. The minimum atomic E-state index is -0.205.